The molecule has 36 heavy (non-hydrogen) atoms. The van der Waals surface area contributed by atoms with Gasteiger partial charge in [0.1, 0.15) is 5.75 Å². The summed E-state index contributed by atoms with van der Waals surface area (Å²) in [4.78, 5) is 33.0. The molecule has 0 bridgehead atoms. The van der Waals surface area contributed by atoms with E-state index in [1.807, 2.05) is 52.0 Å². The molecule has 8 nitrogen and oxygen atoms in total. The summed E-state index contributed by atoms with van der Waals surface area (Å²) in [6.07, 6.45) is 7.84. The lowest BCUT2D eigenvalue weighted by molar-refractivity contribution is -0.137. The number of nitrogens with zero attached hydrogens (tertiary/aromatic N) is 4. The molecule has 1 N–H and O–H groups in total. The van der Waals surface area contributed by atoms with E-state index >= 15 is 0 Å². The van der Waals surface area contributed by atoms with Gasteiger partial charge in [0.05, 0.1) is 19.3 Å². The maximum absolute atomic E-state index is 13.3. The molecule has 2 amide bonds. The Bertz CT molecular complexity index is 1200. The molecule has 0 saturated heterocycles. The molecule has 2 aliphatic rings. The van der Waals surface area contributed by atoms with E-state index in [-0.39, 0.29) is 17.7 Å². The van der Waals surface area contributed by atoms with Crippen molar-refractivity contribution in [2.75, 3.05) is 13.7 Å². The monoisotopic (exact) mass is 487 g/mol. The number of benzene rings is 1. The molecule has 0 atom stereocenters. The molecule has 1 aromatic carbocycles. The van der Waals surface area contributed by atoms with Crippen LogP contribution in [0.15, 0.2) is 48.7 Å². The normalized spacial score (nSPS) is 15.9. The number of hydrogen-bond acceptors (Lipinski definition) is 5. The summed E-state index contributed by atoms with van der Waals surface area (Å²) in [6.45, 7) is 1.96. The second kappa shape index (κ2) is 10.9. The highest BCUT2D eigenvalue weighted by Gasteiger charge is 2.33. The molecule has 3 heterocycles. The van der Waals surface area contributed by atoms with Crippen molar-refractivity contribution in [1.82, 2.24) is 25.0 Å². The number of ether oxygens (including phenoxy) is 1. The van der Waals surface area contributed by atoms with Crippen LogP contribution in [0.4, 0.5) is 0 Å². The molecule has 188 valence electrons. The van der Waals surface area contributed by atoms with Crippen LogP contribution in [0.25, 0.3) is 0 Å². The summed E-state index contributed by atoms with van der Waals surface area (Å²) in [6, 6.07) is 13.4. The number of rotatable bonds is 7. The highest BCUT2D eigenvalue weighted by Crippen LogP contribution is 2.29. The third-order valence-electron chi connectivity index (χ3n) is 7.27. The summed E-state index contributed by atoms with van der Waals surface area (Å²) in [5.41, 5.74) is 4.13. The molecule has 8 heteroatoms. The van der Waals surface area contributed by atoms with E-state index in [1.54, 1.807) is 13.3 Å². The van der Waals surface area contributed by atoms with Crippen molar-refractivity contribution >= 4 is 11.8 Å². The molecule has 0 radical (unpaired) electrons. The van der Waals surface area contributed by atoms with Gasteiger partial charge in [0.15, 0.2) is 5.69 Å². The molecule has 0 unspecified atom stereocenters. The summed E-state index contributed by atoms with van der Waals surface area (Å²) >= 11 is 0. The van der Waals surface area contributed by atoms with Crippen molar-refractivity contribution in [3.63, 3.8) is 0 Å². The number of carbonyl (C=O) groups is 2. The third-order valence-corrected chi connectivity index (χ3v) is 7.27. The average Bonchev–Trinajstić information content (AvgIpc) is 3.30. The van der Waals surface area contributed by atoms with Crippen LogP contribution in [0.1, 0.15) is 65.1 Å². The Morgan fingerprint density at radius 1 is 1.08 bits per heavy atom. The van der Waals surface area contributed by atoms with Crippen LogP contribution in [0, 0.1) is 5.92 Å². The van der Waals surface area contributed by atoms with Gasteiger partial charge in [-0.25, -0.2) is 0 Å². The molecule has 1 aliphatic heterocycles. The van der Waals surface area contributed by atoms with Gasteiger partial charge in [0, 0.05) is 49.4 Å². The predicted molar refractivity (Wildman–Crippen MR) is 135 cm³/mol. The van der Waals surface area contributed by atoms with Gasteiger partial charge in [-0.3, -0.25) is 19.3 Å². The zero-order chi connectivity index (χ0) is 24.9. The number of aromatic nitrogens is 3. The number of methoxy groups -OCH3 is 1. The Balaban J connectivity index is 1.37. The summed E-state index contributed by atoms with van der Waals surface area (Å²) in [7, 11) is 1.63. The molecule has 1 fully saturated rings. The first-order chi connectivity index (χ1) is 17.6. The van der Waals surface area contributed by atoms with Crippen LogP contribution in [0.3, 0.4) is 0 Å². The number of hydrogen-bond donors (Lipinski definition) is 1. The Labute approximate surface area is 211 Å². The van der Waals surface area contributed by atoms with Crippen LogP contribution < -0.4 is 10.1 Å². The molecule has 0 spiro atoms. The minimum Gasteiger partial charge on any atom is -0.497 e. The highest BCUT2D eigenvalue weighted by atomic mass is 16.5. The number of nitrogens with one attached hydrogen (secondary N) is 1. The van der Waals surface area contributed by atoms with E-state index < -0.39 is 0 Å². The first-order valence-corrected chi connectivity index (χ1v) is 12.8. The first kappa shape index (κ1) is 24.0. The van der Waals surface area contributed by atoms with Gasteiger partial charge in [-0.2, -0.15) is 5.10 Å². The summed E-state index contributed by atoms with van der Waals surface area (Å²) in [5, 5.41) is 7.75. The first-order valence-electron chi connectivity index (χ1n) is 12.8. The molecule has 1 aliphatic carbocycles. The van der Waals surface area contributed by atoms with Crippen molar-refractivity contribution in [2.45, 2.75) is 58.2 Å². The highest BCUT2D eigenvalue weighted by molar-refractivity contribution is 5.94. The van der Waals surface area contributed by atoms with Crippen molar-refractivity contribution in [3.8, 4) is 5.75 Å². The SMILES string of the molecule is COc1ccc(CNC(=O)c2nn(Cc3ccccn3)c3c2CN(C(=O)C2CCCCC2)CC3)cc1. The predicted octanol–water partition coefficient (Wildman–Crippen LogP) is 3.73. The molecule has 3 aromatic rings. The van der Waals surface area contributed by atoms with Gasteiger partial charge in [0.25, 0.3) is 5.91 Å². The maximum Gasteiger partial charge on any atom is 0.272 e. The minimum absolute atomic E-state index is 0.108. The maximum atomic E-state index is 13.3. The van der Waals surface area contributed by atoms with Crippen molar-refractivity contribution in [2.24, 2.45) is 5.92 Å². The van der Waals surface area contributed by atoms with Gasteiger partial charge >= 0.3 is 0 Å². The van der Waals surface area contributed by atoms with E-state index in [0.717, 1.165) is 53.9 Å². The minimum atomic E-state index is -0.228. The Kier molecular flexibility index (Phi) is 7.30. The van der Waals surface area contributed by atoms with Gasteiger partial charge in [-0.1, -0.05) is 37.5 Å². The lowest BCUT2D eigenvalue weighted by Gasteiger charge is -2.32. The van der Waals surface area contributed by atoms with Gasteiger partial charge in [-0.05, 0) is 42.7 Å². The number of fused-ring (bicyclic) bond motifs is 1. The second-order valence-corrected chi connectivity index (χ2v) is 9.63. The lowest BCUT2D eigenvalue weighted by atomic mass is 9.87. The van der Waals surface area contributed by atoms with Crippen molar-refractivity contribution in [3.05, 3.63) is 76.9 Å². The van der Waals surface area contributed by atoms with Crippen molar-refractivity contribution < 1.29 is 14.3 Å². The average molecular weight is 488 g/mol. The molecule has 5 rings (SSSR count). The summed E-state index contributed by atoms with van der Waals surface area (Å²) in [5.74, 6) is 0.877. The van der Waals surface area contributed by atoms with Crippen LogP contribution in [0.2, 0.25) is 0 Å². The fraction of sp³-hybridized carbons (Fsp3) is 0.429. The number of amides is 2. The quantitative estimate of drug-likeness (QED) is 0.549. The summed E-state index contributed by atoms with van der Waals surface area (Å²) < 4.78 is 7.10. The fourth-order valence-corrected chi connectivity index (χ4v) is 5.25. The fourth-order valence-electron chi connectivity index (χ4n) is 5.25. The lowest BCUT2D eigenvalue weighted by Crippen LogP contribution is -2.41. The Morgan fingerprint density at radius 3 is 2.61 bits per heavy atom. The molecule has 1 saturated carbocycles. The van der Waals surface area contributed by atoms with Crippen LogP contribution >= 0.6 is 0 Å². The zero-order valence-corrected chi connectivity index (χ0v) is 20.8. The second-order valence-electron chi connectivity index (χ2n) is 9.63. The molecular weight excluding hydrogens is 454 g/mol. The van der Waals surface area contributed by atoms with Gasteiger partial charge in [0.2, 0.25) is 5.91 Å². The van der Waals surface area contributed by atoms with Crippen LogP contribution in [-0.4, -0.2) is 45.1 Å². The molecular formula is C28H33N5O3. The molecule has 2 aromatic heterocycles. The largest absolute Gasteiger partial charge is 0.497 e. The van der Waals surface area contributed by atoms with E-state index in [1.165, 1.54) is 6.42 Å². The van der Waals surface area contributed by atoms with Gasteiger partial charge < -0.3 is 15.0 Å². The van der Waals surface area contributed by atoms with Gasteiger partial charge in [-0.15, -0.1) is 0 Å². The van der Waals surface area contributed by atoms with Crippen LogP contribution in [-0.2, 0) is 30.8 Å². The number of pyridine rings is 1. The van der Waals surface area contributed by atoms with E-state index in [9.17, 15) is 9.59 Å². The third kappa shape index (κ3) is 5.27. The Hall–Kier alpha value is -3.68. The van der Waals surface area contributed by atoms with Crippen LogP contribution in [0.5, 0.6) is 5.75 Å². The standard InChI is InChI=1S/C28H33N5O3/c1-36-23-12-10-20(11-13-23)17-30-27(34)26-24-19-32(28(35)21-7-3-2-4-8-21)16-14-25(24)33(31-26)18-22-9-5-6-15-29-22/h5-6,9-13,15,21H,2-4,7-8,14,16-19H2,1H3,(H,30,34). The van der Waals surface area contributed by atoms with Crippen molar-refractivity contribution in [1.29, 1.82) is 0 Å². The zero-order valence-electron chi connectivity index (χ0n) is 20.8. The van der Waals surface area contributed by atoms with E-state index in [2.05, 4.69) is 10.3 Å². The smallest absolute Gasteiger partial charge is 0.272 e. The number of carbonyl (C=O) groups excluding carboxylic acids is 2. The topological polar surface area (TPSA) is 89.3 Å². The van der Waals surface area contributed by atoms with E-state index in [0.29, 0.717) is 38.3 Å². The van der Waals surface area contributed by atoms with E-state index in [4.69, 9.17) is 9.84 Å². The Morgan fingerprint density at radius 2 is 1.89 bits per heavy atom.